The van der Waals surface area contributed by atoms with Crippen molar-refractivity contribution in [1.82, 2.24) is 19.4 Å². The Bertz CT molecular complexity index is 1170. The number of hydrogen-bond donors (Lipinski definition) is 0. The van der Waals surface area contributed by atoms with Crippen molar-refractivity contribution in [2.24, 2.45) is 0 Å². The van der Waals surface area contributed by atoms with Crippen molar-refractivity contribution in [2.45, 2.75) is 44.0 Å². The van der Waals surface area contributed by atoms with Crippen molar-refractivity contribution in [3.8, 4) is 5.69 Å². The highest BCUT2D eigenvalue weighted by Crippen LogP contribution is 2.27. The van der Waals surface area contributed by atoms with E-state index in [1.165, 1.54) is 0 Å². The highest BCUT2D eigenvalue weighted by Gasteiger charge is 2.27. The minimum atomic E-state index is -0.0641. The zero-order valence-corrected chi connectivity index (χ0v) is 20.5. The number of benzene rings is 2. The number of fused-ring (bicyclic) bond motifs is 1. The van der Waals surface area contributed by atoms with Crippen LogP contribution in [0, 0.1) is 6.92 Å². The Morgan fingerprint density at radius 2 is 1.79 bits per heavy atom. The molecule has 33 heavy (non-hydrogen) atoms. The number of rotatable bonds is 9. The first-order valence-electron chi connectivity index (χ1n) is 11.8. The van der Waals surface area contributed by atoms with E-state index in [4.69, 9.17) is 4.98 Å². The van der Waals surface area contributed by atoms with Crippen LogP contribution in [0.2, 0.25) is 0 Å². The fourth-order valence-corrected chi connectivity index (χ4v) is 5.59. The number of nitrogens with zero attached hydrogens (tertiary/aromatic N) is 4. The van der Waals surface area contributed by atoms with Crippen molar-refractivity contribution >= 4 is 28.6 Å². The number of carbonyl (C=O) groups is 1. The van der Waals surface area contributed by atoms with E-state index in [0.29, 0.717) is 29.0 Å². The molecule has 174 valence electrons. The number of thioether (sulfide) groups is 1. The van der Waals surface area contributed by atoms with Crippen LogP contribution in [-0.4, -0.2) is 63.2 Å². The van der Waals surface area contributed by atoms with Crippen LogP contribution in [0.1, 0.15) is 32.3 Å². The number of para-hydroxylation sites is 1. The summed E-state index contributed by atoms with van der Waals surface area (Å²) >= 11 is 1.61. The van der Waals surface area contributed by atoms with Gasteiger partial charge in [-0.3, -0.25) is 14.2 Å². The number of hydrogen-bond acceptors (Lipinski definition) is 5. The summed E-state index contributed by atoms with van der Waals surface area (Å²) in [5.41, 5.74) is 2.59. The molecule has 0 bridgehead atoms. The fraction of sp³-hybridized carbons (Fsp3) is 0.423. The second kappa shape index (κ2) is 10.5. The van der Waals surface area contributed by atoms with Crippen LogP contribution in [0.4, 0.5) is 0 Å². The summed E-state index contributed by atoms with van der Waals surface area (Å²) in [5, 5.41) is 1.39. The van der Waals surface area contributed by atoms with Crippen LogP contribution in [-0.2, 0) is 4.79 Å². The summed E-state index contributed by atoms with van der Waals surface area (Å²) in [4.78, 5) is 35.2. The summed E-state index contributed by atoms with van der Waals surface area (Å²) in [6.45, 7) is 10.5. The third-order valence-corrected chi connectivity index (χ3v) is 7.38. The van der Waals surface area contributed by atoms with Gasteiger partial charge in [-0.25, -0.2) is 4.98 Å². The van der Waals surface area contributed by atoms with E-state index in [9.17, 15) is 9.59 Å². The Balaban J connectivity index is 1.77. The van der Waals surface area contributed by atoms with E-state index in [1.54, 1.807) is 16.3 Å². The number of aromatic nitrogens is 2. The van der Waals surface area contributed by atoms with Gasteiger partial charge in [0.2, 0.25) is 5.91 Å². The molecule has 1 aromatic heterocycles. The number of aryl methyl sites for hydroxylation is 1. The van der Waals surface area contributed by atoms with Gasteiger partial charge < -0.3 is 9.80 Å². The zero-order valence-electron chi connectivity index (χ0n) is 19.7. The molecule has 2 aromatic carbocycles. The van der Waals surface area contributed by atoms with E-state index in [2.05, 4.69) is 18.7 Å². The smallest absolute Gasteiger partial charge is 0.266 e. The molecule has 2 heterocycles. The topological polar surface area (TPSA) is 58.4 Å². The standard InChI is InChI=1S/C26H32N4O2S/c1-4-28(5-2)17-21(18-29-16-8-11-24(29)31)33-26-27-23-10-7-6-9-22(23)25(32)30(26)20-14-12-19(3)13-15-20/h6-7,9-10,12-15,21H,4-5,8,11,16-18H2,1-3H3. The highest BCUT2D eigenvalue weighted by atomic mass is 32.2. The molecule has 1 aliphatic heterocycles. The normalized spacial score (nSPS) is 15.0. The van der Waals surface area contributed by atoms with Crippen LogP contribution in [0.25, 0.3) is 16.6 Å². The highest BCUT2D eigenvalue weighted by molar-refractivity contribution is 7.99. The molecule has 1 saturated heterocycles. The average Bonchev–Trinajstić information content (AvgIpc) is 3.22. The van der Waals surface area contributed by atoms with Gasteiger partial charge in [0.15, 0.2) is 5.16 Å². The van der Waals surface area contributed by atoms with Crippen molar-refractivity contribution in [3.63, 3.8) is 0 Å². The second-order valence-corrected chi connectivity index (χ2v) is 9.82. The Hall–Kier alpha value is -2.64. The van der Waals surface area contributed by atoms with E-state index >= 15 is 0 Å². The van der Waals surface area contributed by atoms with E-state index in [0.717, 1.165) is 43.9 Å². The van der Waals surface area contributed by atoms with E-state index in [-0.39, 0.29) is 16.7 Å². The number of amides is 1. The maximum Gasteiger partial charge on any atom is 0.266 e. The molecule has 1 atom stereocenters. The lowest BCUT2D eigenvalue weighted by Gasteiger charge is -2.28. The van der Waals surface area contributed by atoms with Crippen LogP contribution >= 0.6 is 11.8 Å². The maximum absolute atomic E-state index is 13.6. The van der Waals surface area contributed by atoms with Crippen molar-refractivity contribution < 1.29 is 4.79 Å². The molecule has 3 aromatic rings. The average molecular weight is 465 g/mol. The molecule has 1 fully saturated rings. The van der Waals surface area contributed by atoms with E-state index in [1.807, 2.05) is 60.4 Å². The summed E-state index contributed by atoms with van der Waals surface area (Å²) < 4.78 is 1.73. The Labute approximate surface area is 199 Å². The van der Waals surface area contributed by atoms with Crippen molar-refractivity contribution in [3.05, 3.63) is 64.4 Å². The molecule has 0 N–H and O–H groups in total. The van der Waals surface area contributed by atoms with Crippen molar-refractivity contribution in [1.29, 1.82) is 0 Å². The van der Waals surface area contributed by atoms with Crippen molar-refractivity contribution in [2.75, 3.05) is 32.7 Å². The maximum atomic E-state index is 13.6. The molecule has 4 rings (SSSR count). The van der Waals surface area contributed by atoms with Gasteiger partial charge in [-0.1, -0.05) is 55.4 Å². The molecule has 1 amide bonds. The van der Waals surface area contributed by atoms with Gasteiger partial charge >= 0.3 is 0 Å². The fourth-order valence-electron chi connectivity index (χ4n) is 4.31. The lowest BCUT2D eigenvalue weighted by atomic mass is 10.2. The summed E-state index contributed by atoms with van der Waals surface area (Å²) in [5.74, 6) is 0.225. The molecule has 6 nitrogen and oxygen atoms in total. The predicted molar refractivity (Wildman–Crippen MR) is 135 cm³/mol. The van der Waals surface area contributed by atoms with Crippen LogP contribution in [0.15, 0.2) is 58.5 Å². The number of carbonyl (C=O) groups excluding carboxylic acids is 1. The van der Waals surface area contributed by atoms with Gasteiger partial charge in [0, 0.05) is 31.3 Å². The van der Waals surface area contributed by atoms with Crippen LogP contribution in [0.5, 0.6) is 0 Å². The van der Waals surface area contributed by atoms with Crippen LogP contribution < -0.4 is 5.56 Å². The molecular formula is C26H32N4O2S. The number of likely N-dealkylation sites (tertiary alicyclic amines) is 1. The lowest BCUT2D eigenvalue weighted by Crippen LogP contribution is -2.39. The first-order chi connectivity index (χ1) is 16.0. The quantitative estimate of drug-likeness (QED) is 0.352. The van der Waals surface area contributed by atoms with Crippen LogP contribution in [0.3, 0.4) is 0 Å². The summed E-state index contributed by atoms with van der Waals surface area (Å²) in [7, 11) is 0. The second-order valence-electron chi connectivity index (χ2n) is 8.56. The van der Waals surface area contributed by atoms with E-state index < -0.39 is 0 Å². The molecule has 0 aliphatic carbocycles. The Kier molecular flexibility index (Phi) is 7.50. The lowest BCUT2D eigenvalue weighted by molar-refractivity contribution is -0.127. The monoisotopic (exact) mass is 464 g/mol. The molecule has 1 aliphatic rings. The largest absolute Gasteiger partial charge is 0.342 e. The van der Waals surface area contributed by atoms with Gasteiger partial charge in [-0.05, 0) is 50.7 Å². The Morgan fingerprint density at radius 3 is 2.45 bits per heavy atom. The zero-order chi connectivity index (χ0) is 23.4. The minimum absolute atomic E-state index is 0.0641. The molecule has 1 unspecified atom stereocenters. The third-order valence-electron chi connectivity index (χ3n) is 6.26. The first kappa shape index (κ1) is 23.5. The third kappa shape index (κ3) is 5.31. The summed E-state index contributed by atoms with van der Waals surface area (Å²) in [6.07, 6.45) is 1.55. The Morgan fingerprint density at radius 1 is 1.06 bits per heavy atom. The molecule has 0 spiro atoms. The molecule has 0 saturated carbocycles. The minimum Gasteiger partial charge on any atom is -0.342 e. The van der Waals surface area contributed by atoms with Gasteiger partial charge in [0.1, 0.15) is 0 Å². The first-order valence-corrected chi connectivity index (χ1v) is 12.6. The molecule has 0 radical (unpaired) electrons. The summed E-state index contributed by atoms with van der Waals surface area (Å²) in [6, 6.07) is 15.5. The predicted octanol–water partition coefficient (Wildman–Crippen LogP) is 4.12. The molecular weight excluding hydrogens is 432 g/mol. The van der Waals surface area contributed by atoms with Gasteiger partial charge in [0.05, 0.1) is 16.6 Å². The SMILES string of the molecule is CCN(CC)CC(CN1CCCC1=O)Sc1nc2ccccc2c(=O)n1-c1ccc(C)cc1. The van der Waals surface area contributed by atoms with Gasteiger partial charge in [-0.15, -0.1) is 0 Å². The van der Waals surface area contributed by atoms with Gasteiger partial charge in [-0.2, -0.15) is 0 Å². The molecule has 7 heteroatoms. The van der Waals surface area contributed by atoms with Gasteiger partial charge in [0.25, 0.3) is 5.56 Å².